The predicted molar refractivity (Wildman–Crippen MR) is 82.4 cm³/mol. The molecule has 5 nitrogen and oxygen atoms in total. The number of ether oxygens (including phenoxy) is 1. The second-order valence-electron chi connectivity index (χ2n) is 4.05. The predicted octanol–water partition coefficient (Wildman–Crippen LogP) is 3.15. The van der Waals surface area contributed by atoms with Crippen LogP contribution >= 0.6 is 39.1 Å². The molecule has 0 unspecified atom stereocenters. The van der Waals surface area contributed by atoms with Gasteiger partial charge >= 0.3 is 0 Å². The van der Waals surface area contributed by atoms with Gasteiger partial charge in [-0.25, -0.2) is 4.68 Å². The maximum absolute atomic E-state index is 6.07. The highest BCUT2D eigenvalue weighted by Crippen LogP contribution is 2.33. The summed E-state index contributed by atoms with van der Waals surface area (Å²) in [5, 5.41) is 12.1. The van der Waals surface area contributed by atoms with Gasteiger partial charge in [-0.05, 0) is 29.0 Å². The van der Waals surface area contributed by atoms with Crippen LogP contribution in [0.1, 0.15) is 5.69 Å². The fourth-order valence-electron chi connectivity index (χ4n) is 1.57. The Morgan fingerprint density at radius 2 is 2.15 bits per heavy atom. The molecule has 0 saturated carbocycles. The highest BCUT2D eigenvalue weighted by Gasteiger charge is 2.07. The minimum absolute atomic E-state index is 0.431. The third-order valence-corrected chi connectivity index (χ3v) is 3.99. The molecule has 0 aliphatic carbocycles. The number of hydrogen-bond acceptors (Lipinski definition) is 4. The summed E-state index contributed by atoms with van der Waals surface area (Å²) in [5.41, 5.74) is 0.886. The van der Waals surface area contributed by atoms with Gasteiger partial charge in [-0.15, -0.1) is 5.10 Å². The zero-order valence-corrected chi connectivity index (χ0v) is 13.8. The fraction of sp³-hybridized carbons (Fsp3) is 0.333. The van der Waals surface area contributed by atoms with E-state index in [1.807, 2.05) is 13.2 Å². The lowest BCUT2D eigenvalue weighted by Crippen LogP contribution is -2.09. The molecule has 0 amide bonds. The largest absolute Gasteiger partial charge is 0.490 e. The molecule has 0 fully saturated rings. The molecule has 0 aliphatic rings. The molecule has 1 aromatic carbocycles. The zero-order chi connectivity index (χ0) is 14.5. The van der Waals surface area contributed by atoms with Crippen LogP contribution in [0.3, 0.4) is 0 Å². The summed E-state index contributed by atoms with van der Waals surface area (Å²) < 4.78 is 8.07. The number of hydrogen-bond donors (Lipinski definition) is 1. The third-order valence-electron chi connectivity index (χ3n) is 2.50. The second-order valence-corrected chi connectivity index (χ2v) is 5.72. The average molecular weight is 380 g/mol. The minimum Gasteiger partial charge on any atom is -0.490 e. The topological polar surface area (TPSA) is 52.0 Å². The normalized spacial score (nSPS) is 10.8. The first-order chi connectivity index (χ1) is 9.60. The van der Waals surface area contributed by atoms with Crippen molar-refractivity contribution in [2.75, 3.05) is 13.7 Å². The van der Waals surface area contributed by atoms with Crippen molar-refractivity contribution in [2.45, 2.75) is 13.1 Å². The van der Waals surface area contributed by atoms with E-state index in [-0.39, 0.29) is 0 Å². The van der Waals surface area contributed by atoms with E-state index in [0.717, 1.165) is 10.2 Å². The van der Waals surface area contributed by atoms with Crippen LogP contribution in [-0.4, -0.2) is 28.6 Å². The molecular formula is C12H13BrCl2N4O. The minimum atomic E-state index is 0.431. The van der Waals surface area contributed by atoms with E-state index in [1.165, 1.54) is 0 Å². The highest BCUT2D eigenvalue weighted by molar-refractivity contribution is 9.10. The molecule has 108 valence electrons. The summed E-state index contributed by atoms with van der Waals surface area (Å²) >= 11 is 15.4. The van der Waals surface area contributed by atoms with Gasteiger partial charge in [0.05, 0.1) is 22.3 Å². The van der Waals surface area contributed by atoms with Gasteiger partial charge in [-0.1, -0.05) is 28.4 Å². The van der Waals surface area contributed by atoms with Crippen LogP contribution in [0, 0.1) is 0 Å². The Hall–Kier alpha value is -0.820. The van der Waals surface area contributed by atoms with Gasteiger partial charge < -0.3 is 10.1 Å². The van der Waals surface area contributed by atoms with E-state index in [4.69, 9.17) is 27.9 Å². The van der Waals surface area contributed by atoms with E-state index in [9.17, 15) is 0 Å². The summed E-state index contributed by atoms with van der Waals surface area (Å²) in [6.07, 6.45) is 1.87. The Kier molecular flexibility index (Phi) is 5.65. The van der Waals surface area contributed by atoms with Crippen molar-refractivity contribution in [1.82, 2.24) is 20.3 Å². The Morgan fingerprint density at radius 1 is 1.35 bits per heavy atom. The molecule has 0 radical (unpaired) electrons. The summed E-state index contributed by atoms with van der Waals surface area (Å²) in [4.78, 5) is 0. The van der Waals surface area contributed by atoms with Gasteiger partial charge in [0.15, 0.2) is 0 Å². The Balaban J connectivity index is 1.90. The lowest BCUT2D eigenvalue weighted by Gasteiger charge is -2.09. The van der Waals surface area contributed by atoms with Crippen molar-refractivity contribution in [1.29, 1.82) is 0 Å². The van der Waals surface area contributed by atoms with Crippen LogP contribution in [0.25, 0.3) is 0 Å². The molecule has 8 heteroatoms. The molecule has 1 N–H and O–H groups in total. The van der Waals surface area contributed by atoms with Crippen LogP contribution < -0.4 is 10.1 Å². The molecule has 0 atom stereocenters. The zero-order valence-electron chi connectivity index (χ0n) is 10.7. The van der Waals surface area contributed by atoms with E-state index < -0.39 is 0 Å². The molecule has 1 aromatic heterocycles. The monoisotopic (exact) mass is 378 g/mol. The summed E-state index contributed by atoms with van der Waals surface area (Å²) in [5.74, 6) is 0.551. The SMILES string of the molecule is CNCc1cn(CCOc2cc(Cl)c(Br)cc2Cl)nn1. The number of aromatic nitrogens is 3. The van der Waals surface area contributed by atoms with Crippen LogP contribution in [0.4, 0.5) is 0 Å². The highest BCUT2D eigenvalue weighted by atomic mass is 79.9. The first-order valence-electron chi connectivity index (χ1n) is 5.91. The smallest absolute Gasteiger partial charge is 0.139 e. The first-order valence-corrected chi connectivity index (χ1v) is 7.46. The molecule has 2 rings (SSSR count). The van der Waals surface area contributed by atoms with Gasteiger partial charge in [0, 0.05) is 23.3 Å². The molecule has 2 aromatic rings. The van der Waals surface area contributed by atoms with E-state index >= 15 is 0 Å². The third kappa shape index (κ3) is 4.09. The molecule has 20 heavy (non-hydrogen) atoms. The molecular weight excluding hydrogens is 367 g/mol. The van der Waals surface area contributed by atoms with Crippen LogP contribution in [-0.2, 0) is 13.1 Å². The lowest BCUT2D eigenvalue weighted by molar-refractivity contribution is 0.290. The van der Waals surface area contributed by atoms with Crippen LogP contribution in [0.15, 0.2) is 22.8 Å². The van der Waals surface area contributed by atoms with Gasteiger partial charge in [-0.2, -0.15) is 0 Å². The van der Waals surface area contributed by atoms with Crippen molar-refractivity contribution >= 4 is 39.1 Å². The summed E-state index contributed by atoms with van der Waals surface area (Å²) in [7, 11) is 1.86. The lowest BCUT2D eigenvalue weighted by atomic mass is 10.3. The molecule has 0 bridgehead atoms. The number of halogens is 3. The Bertz CT molecular complexity index is 591. The van der Waals surface area contributed by atoms with E-state index in [1.54, 1.807) is 16.8 Å². The quantitative estimate of drug-likeness (QED) is 0.783. The summed E-state index contributed by atoms with van der Waals surface area (Å²) in [6.45, 7) is 1.70. The standard InChI is InChI=1S/C12H13BrCl2N4O/c1-16-6-8-7-19(18-17-8)2-3-20-12-5-10(14)9(13)4-11(12)15/h4-5,7,16H,2-3,6H2,1H3. The van der Waals surface area contributed by atoms with Gasteiger partial charge in [0.1, 0.15) is 12.4 Å². The van der Waals surface area contributed by atoms with E-state index in [0.29, 0.717) is 35.5 Å². The van der Waals surface area contributed by atoms with Crippen molar-refractivity contribution in [2.24, 2.45) is 0 Å². The number of benzene rings is 1. The maximum atomic E-state index is 6.07. The average Bonchev–Trinajstić information content (AvgIpc) is 2.84. The van der Waals surface area contributed by atoms with Crippen LogP contribution in [0.5, 0.6) is 5.75 Å². The van der Waals surface area contributed by atoms with Crippen molar-refractivity contribution in [3.63, 3.8) is 0 Å². The van der Waals surface area contributed by atoms with Crippen molar-refractivity contribution in [3.05, 3.63) is 38.5 Å². The fourth-order valence-corrected chi connectivity index (χ4v) is 2.42. The number of nitrogens with one attached hydrogen (secondary N) is 1. The van der Waals surface area contributed by atoms with E-state index in [2.05, 4.69) is 31.6 Å². The molecule has 0 saturated heterocycles. The van der Waals surface area contributed by atoms with Gasteiger partial charge in [0.25, 0.3) is 0 Å². The molecule has 0 aliphatic heterocycles. The molecule has 1 heterocycles. The van der Waals surface area contributed by atoms with Crippen molar-refractivity contribution < 1.29 is 4.74 Å². The second kappa shape index (κ2) is 7.26. The van der Waals surface area contributed by atoms with Gasteiger partial charge in [-0.3, -0.25) is 0 Å². The summed E-state index contributed by atoms with van der Waals surface area (Å²) in [6, 6.07) is 3.39. The Labute approximate surface area is 135 Å². The maximum Gasteiger partial charge on any atom is 0.139 e. The van der Waals surface area contributed by atoms with Crippen molar-refractivity contribution in [3.8, 4) is 5.75 Å². The number of nitrogens with zero attached hydrogens (tertiary/aromatic N) is 3. The molecule has 0 spiro atoms. The number of rotatable bonds is 6. The van der Waals surface area contributed by atoms with Gasteiger partial charge in [0.2, 0.25) is 0 Å². The van der Waals surface area contributed by atoms with Crippen LogP contribution in [0.2, 0.25) is 10.0 Å². The first kappa shape index (κ1) is 15.6. The Morgan fingerprint density at radius 3 is 2.90 bits per heavy atom.